The second kappa shape index (κ2) is 10.7. The fourth-order valence-electron chi connectivity index (χ4n) is 2.02. The molecule has 2 atom stereocenters. The molecule has 10 heteroatoms. The van der Waals surface area contributed by atoms with E-state index >= 15 is 0 Å². The first-order chi connectivity index (χ1) is 12.6. The third-order valence-electron chi connectivity index (χ3n) is 4.41. The lowest BCUT2D eigenvalue weighted by atomic mass is 10.1. The summed E-state index contributed by atoms with van der Waals surface area (Å²) in [6.07, 6.45) is -1.00. The minimum Gasteiger partial charge on any atom is -0.466 e. The van der Waals surface area contributed by atoms with E-state index in [-0.39, 0.29) is 24.6 Å². The van der Waals surface area contributed by atoms with E-state index in [4.69, 9.17) is 19.4 Å². The molecule has 0 spiro atoms. The van der Waals surface area contributed by atoms with Crippen molar-refractivity contribution in [2.75, 3.05) is 13.2 Å². The van der Waals surface area contributed by atoms with Crippen molar-refractivity contribution in [3.8, 4) is 0 Å². The van der Waals surface area contributed by atoms with Crippen molar-refractivity contribution in [2.24, 2.45) is 5.11 Å². The van der Waals surface area contributed by atoms with Crippen LogP contribution in [0.4, 0.5) is 4.79 Å². The Bertz CT molecular complexity index is 578. The molecule has 0 bridgehead atoms. The minimum atomic E-state index is -2.28. The van der Waals surface area contributed by atoms with Crippen molar-refractivity contribution in [2.45, 2.75) is 90.8 Å². The summed E-state index contributed by atoms with van der Waals surface area (Å²) in [5.74, 6) is -0.638. The van der Waals surface area contributed by atoms with Crippen LogP contribution >= 0.6 is 0 Å². The second-order valence-corrected chi connectivity index (χ2v) is 13.8. The molecule has 0 rings (SSSR count). The lowest BCUT2D eigenvalue weighted by molar-refractivity contribution is -0.147. The Kier molecular flexibility index (Phi) is 10.0. The van der Waals surface area contributed by atoms with Gasteiger partial charge >= 0.3 is 12.1 Å². The third kappa shape index (κ3) is 9.43. The largest absolute Gasteiger partial charge is 0.466 e. The molecule has 0 aromatic carbocycles. The standard InChI is InChI=1S/C18H36N4O5Si/c1-10-25-15(23)14(21-22-19)13(27-28(8,9)18(5,6)7)11-12-20-16(24)26-17(2,3)4/h13-14H,10-12H2,1-9H3,(H,20,24)/t13-,14-/m0/s1. The first kappa shape index (κ1) is 26.2. The van der Waals surface area contributed by atoms with E-state index in [2.05, 4.69) is 36.1 Å². The molecule has 0 aromatic rings. The number of nitrogens with zero attached hydrogens (tertiary/aromatic N) is 3. The van der Waals surface area contributed by atoms with Crippen molar-refractivity contribution >= 4 is 20.4 Å². The number of carbonyl (C=O) groups excluding carboxylic acids is 2. The molecule has 1 N–H and O–H groups in total. The van der Waals surface area contributed by atoms with Gasteiger partial charge in [-0.05, 0) is 57.8 Å². The predicted molar refractivity (Wildman–Crippen MR) is 110 cm³/mol. The Morgan fingerprint density at radius 1 is 1.18 bits per heavy atom. The number of carbonyl (C=O) groups is 2. The van der Waals surface area contributed by atoms with E-state index < -0.39 is 38.1 Å². The normalized spacial score (nSPS) is 14.5. The van der Waals surface area contributed by atoms with Crippen LogP contribution in [0.3, 0.4) is 0 Å². The molecule has 0 heterocycles. The van der Waals surface area contributed by atoms with Crippen LogP contribution in [-0.4, -0.2) is 51.3 Å². The Hall–Kier alpha value is -1.77. The number of rotatable bonds is 9. The molecule has 162 valence electrons. The third-order valence-corrected chi connectivity index (χ3v) is 8.91. The highest BCUT2D eigenvalue weighted by molar-refractivity contribution is 6.74. The molecule has 0 radical (unpaired) electrons. The number of amides is 1. The monoisotopic (exact) mass is 416 g/mol. The molecule has 0 aliphatic rings. The van der Waals surface area contributed by atoms with Gasteiger partial charge in [0.1, 0.15) is 5.60 Å². The van der Waals surface area contributed by atoms with Gasteiger partial charge in [-0.25, -0.2) is 4.79 Å². The smallest absolute Gasteiger partial charge is 0.407 e. The van der Waals surface area contributed by atoms with Gasteiger partial charge < -0.3 is 19.2 Å². The molecule has 0 unspecified atom stereocenters. The number of alkyl carbamates (subject to hydrolysis) is 1. The summed E-state index contributed by atoms with van der Waals surface area (Å²) < 4.78 is 16.6. The van der Waals surface area contributed by atoms with Crippen LogP contribution in [0.2, 0.25) is 18.1 Å². The second-order valence-electron chi connectivity index (χ2n) is 9.04. The highest BCUT2D eigenvalue weighted by Crippen LogP contribution is 2.38. The molecular weight excluding hydrogens is 380 g/mol. The fourth-order valence-corrected chi connectivity index (χ4v) is 3.38. The van der Waals surface area contributed by atoms with Crippen molar-refractivity contribution in [1.82, 2.24) is 5.32 Å². The molecule has 0 aliphatic carbocycles. The molecule has 0 aliphatic heterocycles. The van der Waals surface area contributed by atoms with Crippen LogP contribution in [-0.2, 0) is 18.7 Å². The van der Waals surface area contributed by atoms with Crippen LogP contribution in [0.15, 0.2) is 5.11 Å². The van der Waals surface area contributed by atoms with E-state index in [1.165, 1.54) is 0 Å². The van der Waals surface area contributed by atoms with Gasteiger partial charge in [-0.15, -0.1) is 0 Å². The number of azide groups is 1. The van der Waals surface area contributed by atoms with Crippen LogP contribution in [0.5, 0.6) is 0 Å². The summed E-state index contributed by atoms with van der Waals surface area (Å²) >= 11 is 0. The Labute approximate surface area is 169 Å². The Morgan fingerprint density at radius 3 is 2.18 bits per heavy atom. The highest BCUT2D eigenvalue weighted by Gasteiger charge is 2.42. The summed E-state index contributed by atoms with van der Waals surface area (Å²) in [5.41, 5.74) is 8.31. The summed E-state index contributed by atoms with van der Waals surface area (Å²) in [5, 5.41) is 6.16. The lowest BCUT2D eigenvalue weighted by Crippen LogP contribution is -2.49. The van der Waals surface area contributed by atoms with E-state index in [1.807, 2.05) is 13.1 Å². The van der Waals surface area contributed by atoms with E-state index in [0.717, 1.165) is 0 Å². The molecule has 9 nitrogen and oxygen atoms in total. The van der Waals surface area contributed by atoms with Gasteiger partial charge in [-0.2, -0.15) is 0 Å². The van der Waals surface area contributed by atoms with Gasteiger partial charge in [0.25, 0.3) is 0 Å². The number of ether oxygens (including phenoxy) is 2. The van der Waals surface area contributed by atoms with Gasteiger partial charge in [-0.3, -0.25) is 4.79 Å². The molecule has 0 saturated carbocycles. The average molecular weight is 417 g/mol. The van der Waals surface area contributed by atoms with Gasteiger partial charge in [0.05, 0.1) is 12.7 Å². The number of hydrogen-bond donors (Lipinski definition) is 1. The van der Waals surface area contributed by atoms with E-state index in [0.29, 0.717) is 0 Å². The maximum absolute atomic E-state index is 12.3. The Morgan fingerprint density at radius 2 is 1.75 bits per heavy atom. The van der Waals surface area contributed by atoms with Gasteiger partial charge in [0.2, 0.25) is 0 Å². The zero-order valence-corrected chi connectivity index (χ0v) is 19.7. The summed E-state index contributed by atoms with van der Waals surface area (Å²) in [6.45, 7) is 17.7. The number of nitrogens with one attached hydrogen (secondary N) is 1. The molecule has 1 amide bonds. The average Bonchev–Trinajstić information content (AvgIpc) is 2.48. The zero-order chi connectivity index (χ0) is 22.2. The zero-order valence-electron chi connectivity index (χ0n) is 18.7. The lowest BCUT2D eigenvalue weighted by Gasteiger charge is -2.40. The van der Waals surface area contributed by atoms with Crippen LogP contribution in [0, 0.1) is 0 Å². The van der Waals surface area contributed by atoms with Crippen LogP contribution < -0.4 is 5.32 Å². The van der Waals surface area contributed by atoms with Crippen LogP contribution in [0.25, 0.3) is 10.4 Å². The fraction of sp³-hybridized carbons (Fsp3) is 0.889. The first-order valence-corrected chi connectivity index (χ1v) is 12.4. The SMILES string of the molecule is CCOC(=O)[C@@H](N=[N+]=[N-])[C@H](CCNC(=O)OC(C)(C)C)O[Si](C)(C)C(C)(C)C. The maximum atomic E-state index is 12.3. The molecule has 0 fully saturated rings. The molecule has 0 saturated heterocycles. The molecule has 0 aromatic heterocycles. The summed E-state index contributed by atoms with van der Waals surface area (Å²) in [6, 6.07) is -1.13. The number of esters is 1. The van der Waals surface area contributed by atoms with Gasteiger partial charge in [0.15, 0.2) is 14.4 Å². The van der Waals surface area contributed by atoms with Gasteiger partial charge in [-0.1, -0.05) is 25.9 Å². The van der Waals surface area contributed by atoms with Crippen molar-refractivity contribution in [1.29, 1.82) is 0 Å². The van der Waals surface area contributed by atoms with Crippen molar-refractivity contribution in [3.63, 3.8) is 0 Å². The molecular formula is C18H36N4O5Si. The topological polar surface area (TPSA) is 123 Å². The predicted octanol–water partition coefficient (Wildman–Crippen LogP) is 4.53. The minimum absolute atomic E-state index is 0.112. The van der Waals surface area contributed by atoms with Gasteiger partial charge in [0, 0.05) is 11.5 Å². The quantitative estimate of drug-likeness (QED) is 0.194. The first-order valence-electron chi connectivity index (χ1n) is 9.50. The molecule has 28 heavy (non-hydrogen) atoms. The summed E-state index contributed by atoms with van der Waals surface area (Å²) in [4.78, 5) is 27.0. The summed E-state index contributed by atoms with van der Waals surface area (Å²) in [7, 11) is -2.28. The van der Waals surface area contributed by atoms with Crippen LogP contribution in [0.1, 0.15) is 54.9 Å². The highest BCUT2D eigenvalue weighted by atomic mass is 28.4. The van der Waals surface area contributed by atoms with E-state index in [9.17, 15) is 9.59 Å². The number of hydrogen-bond acceptors (Lipinski definition) is 6. The maximum Gasteiger partial charge on any atom is 0.407 e. The Balaban J connectivity index is 5.40. The van der Waals surface area contributed by atoms with Crippen molar-refractivity contribution < 1.29 is 23.5 Å². The van der Waals surface area contributed by atoms with E-state index in [1.54, 1.807) is 27.7 Å². The van der Waals surface area contributed by atoms with Crippen molar-refractivity contribution in [3.05, 3.63) is 10.4 Å².